The number of hydrogen-bond donors (Lipinski definition) is 2. The van der Waals surface area contributed by atoms with E-state index in [0.717, 1.165) is 12.1 Å². The third-order valence-corrected chi connectivity index (χ3v) is 2.19. The normalized spacial score (nSPS) is 13.0. The SMILES string of the molecule is NC(CO)c1cc(F)cc(Br)c1F. The molecular formula is C8H8BrF2NO. The summed E-state index contributed by atoms with van der Waals surface area (Å²) in [6.07, 6.45) is 0. The minimum absolute atomic E-state index is 0.00593. The Morgan fingerprint density at radius 2 is 2.08 bits per heavy atom. The standard InChI is InChI=1S/C8H8BrF2NO/c9-6-2-4(10)1-5(8(6)11)7(12)3-13/h1-2,7,13H,3,12H2. The molecule has 0 aliphatic heterocycles. The zero-order valence-corrected chi connectivity index (χ0v) is 8.18. The van der Waals surface area contributed by atoms with Gasteiger partial charge in [0.1, 0.15) is 11.6 Å². The minimum Gasteiger partial charge on any atom is -0.394 e. The molecule has 0 heterocycles. The van der Waals surface area contributed by atoms with Gasteiger partial charge in [-0.25, -0.2) is 8.78 Å². The van der Waals surface area contributed by atoms with Gasteiger partial charge in [-0.1, -0.05) is 0 Å². The van der Waals surface area contributed by atoms with Gasteiger partial charge in [-0.05, 0) is 28.1 Å². The van der Waals surface area contributed by atoms with Crippen molar-refractivity contribution in [3.8, 4) is 0 Å². The van der Waals surface area contributed by atoms with Crippen LogP contribution in [0.4, 0.5) is 8.78 Å². The highest BCUT2D eigenvalue weighted by atomic mass is 79.9. The van der Waals surface area contributed by atoms with Crippen molar-refractivity contribution in [1.82, 2.24) is 0 Å². The van der Waals surface area contributed by atoms with Crippen LogP contribution in [0.1, 0.15) is 11.6 Å². The van der Waals surface area contributed by atoms with E-state index in [4.69, 9.17) is 10.8 Å². The van der Waals surface area contributed by atoms with Crippen molar-refractivity contribution < 1.29 is 13.9 Å². The molecule has 1 atom stereocenters. The van der Waals surface area contributed by atoms with Gasteiger partial charge in [-0.15, -0.1) is 0 Å². The lowest BCUT2D eigenvalue weighted by molar-refractivity contribution is 0.265. The molecule has 0 radical (unpaired) electrons. The molecule has 5 heteroatoms. The zero-order valence-electron chi connectivity index (χ0n) is 6.60. The quantitative estimate of drug-likeness (QED) is 0.787. The lowest BCUT2D eigenvalue weighted by Gasteiger charge is -2.10. The Morgan fingerprint density at radius 1 is 1.46 bits per heavy atom. The van der Waals surface area contributed by atoms with Gasteiger partial charge >= 0.3 is 0 Å². The first kappa shape index (κ1) is 10.6. The average molecular weight is 252 g/mol. The highest BCUT2D eigenvalue weighted by Gasteiger charge is 2.14. The topological polar surface area (TPSA) is 46.2 Å². The van der Waals surface area contributed by atoms with Gasteiger partial charge in [-0.3, -0.25) is 0 Å². The Bertz CT molecular complexity index is 319. The highest BCUT2D eigenvalue weighted by molar-refractivity contribution is 9.10. The fourth-order valence-corrected chi connectivity index (χ4v) is 1.39. The van der Waals surface area contributed by atoms with E-state index in [0.29, 0.717) is 0 Å². The second-order valence-electron chi connectivity index (χ2n) is 2.58. The van der Waals surface area contributed by atoms with Gasteiger partial charge in [0.25, 0.3) is 0 Å². The molecule has 2 nitrogen and oxygen atoms in total. The summed E-state index contributed by atoms with van der Waals surface area (Å²) in [7, 11) is 0. The maximum Gasteiger partial charge on any atom is 0.142 e. The summed E-state index contributed by atoms with van der Waals surface area (Å²) in [6.45, 7) is -0.424. The molecule has 0 bridgehead atoms. The second kappa shape index (κ2) is 4.13. The van der Waals surface area contributed by atoms with Crippen LogP contribution in [0.25, 0.3) is 0 Å². The number of hydrogen-bond acceptors (Lipinski definition) is 2. The molecule has 0 aliphatic rings. The fraction of sp³-hybridized carbons (Fsp3) is 0.250. The van der Waals surface area contributed by atoms with E-state index < -0.39 is 24.3 Å². The van der Waals surface area contributed by atoms with Crippen LogP contribution < -0.4 is 5.73 Å². The molecule has 0 spiro atoms. The molecule has 0 amide bonds. The maximum atomic E-state index is 13.2. The Labute approximate surface area is 82.5 Å². The minimum atomic E-state index is -0.896. The number of aliphatic hydroxyl groups excluding tert-OH is 1. The summed E-state index contributed by atoms with van der Waals surface area (Å²) >= 11 is 2.84. The Hall–Kier alpha value is -0.520. The summed E-state index contributed by atoms with van der Waals surface area (Å²) in [6, 6.07) is 1.08. The Balaban J connectivity index is 3.20. The van der Waals surface area contributed by atoms with Gasteiger partial charge in [-0.2, -0.15) is 0 Å². The van der Waals surface area contributed by atoms with Crippen molar-refractivity contribution in [3.05, 3.63) is 33.8 Å². The van der Waals surface area contributed by atoms with E-state index in [1.54, 1.807) is 0 Å². The van der Waals surface area contributed by atoms with Crippen molar-refractivity contribution in [2.24, 2.45) is 5.73 Å². The van der Waals surface area contributed by atoms with Crippen LogP contribution in [0.3, 0.4) is 0 Å². The van der Waals surface area contributed by atoms with Crippen LogP contribution in [0.5, 0.6) is 0 Å². The summed E-state index contributed by atoms with van der Waals surface area (Å²) in [4.78, 5) is 0. The molecular weight excluding hydrogens is 244 g/mol. The second-order valence-corrected chi connectivity index (χ2v) is 3.43. The predicted octanol–water partition coefficient (Wildman–Crippen LogP) is 1.72. The van der Waals surface area contributed by atoms with Crippen LogP contribution in [-0.2, 0) is 0 Å². The molecule has 1 aromatic rings. The van der Waals surface area contributed by atoms with E-state index in [2.05, 4.69) is 15.9 Å². The van der Waals surface area contributed by atoms with Gasteiger partial charge in [0.05, 0.1) is 17.1 Å². The molecule has 1 unspecified atom stereocenters. The predicted molar refractivity (Wildman–Crippen MR) is 48.1 cm³/mol. The van der Waals surface area contributed by atoms with Crippen molar-refractivity contribution in [2.75, 3.05) is 6.61 Å². The number of halogens is 3. The summed E-state index contributed by atoms with van der Waals surface area (Å²) in [5.41, 5.74) is 5.32. The molecule has 0 aliphatic carbocycles. The van der Waals surface area contributed by atoms with Gasteiger partial charge in [0.15, 0.2) is 0 Å². The van der Waals surface area contributed by atoms with Gasteiger partial charge in [0, 0.05) is 5.56 Å². The van der Waals surface area contributed by atoms with E-state index in [1.807, 2.05) is 0 Å². The van der Waals surface area contributed by atoms with Gasteiger partial charge < -0.3 is 10.8 Å². The van der Waals surface area contributed by atoms with E-state index in [1.165, 1.54) is 0 Å². The van der Waals surface area contributed by atoms with Crippen LogP contribution >= 0.6 is 15.9 Å². The lowest BCUT2D eigenvalue weighted by atomic mass is 10.1. The monoisotopic (exact) mass is 251 g/mol. The highest BCUT2D eigenvalue weighted by Crippen LogP contribution is 2.24. The Kier molecular flexibility index (Phi) is 3.35. The molecule has 0 saturated heterocycles. The summed E-state index contributed by atoms with van der Waals surface area (Å²) in [5, 5.41) is 8.67. The number of benzene rings is 1. The molecule has 0 fully saturated rings. The van der Waals surface area contributed by atoms with Crippen molar-refractivity contribution in [2.45, 2.75) is 6.04 Å². The van der Waals surface area contributed by atoms with E-state index >= 15 is 0 Å². The van der Waals surface area contributed by atoms with Crippen LogP contribution in [-0.4, -0.2) is 11.7 Å². The molecule has 0 aromatic heterocycles. The third-order valence-electron chi connectivity index (χ3n) is 1.62. The molecule has 3 N–H and O–H groups in total. The summed E-state index contributed by atoms with van der Waals surface area (Å²) in [5.74, 6) is -1.23. The smallest absolute Gasteiger partial charge is 0.142 e. The van der Waals surface area contributed by atoms with E-state index in [-0.39, 0.29) is 10.0 Å². The average Bonchev–Trinajstić information content (AvgIpc) is 2.10. The molecule has 1 aromatic carbocycles. The molecule has 72 valence electrons. The van der Waals surface area contributed by atoms with Crippen LogP contribution in [0.15, 0.2) is 16.6 Å². The largest absolute Gasteiger partial charge is 0.394 e. The van der Waals surface area contributed by atoms with E-state index in [9.17, 15) is 8.78 Å². The van der Waals surface area contributed by atoms with Crippen molar-refractivity contribution >= 4 is 15.9 Å². The lowest BCUT2D eigenvalue weighted by Crippen LogP contribution is -2.16. The first-order valence-corrected chi connectivity index (χ1v) is 4.36. The van der Waals surface area contributed by atoms with Gasteiger partial charge in [0.2, 0.25) is 0 Å². The van der Waals surface area contributed by atoms with Crippen molar-refractivity contribution in [3.63, 3.8) is 0 Å². The zero-order chi connectivity index (χ0) is 10.0. The number of nitrogens with two attached hydrogens (primary N) is 1. The number of aliphatic hydroxyl groups is 1. The van der Waals surface area contributed by atoms with Crippen LogP contribution in [0, 0.1) is 11.6 Å². The summed E-state index contributed by atoms with van der Waals surface area (Å²) < 4.78 is 26.0. The first-order valence-electron chi connectivity index (χ1n) is 3.57. The first-order chi connectivity index (χ1) is 6.06. The molecule has 0 saturated carbocycles. The third kappa shape index (κ3) is 2.24. The molecule has 1 rings (SSSR count). The number of rotatable bonds is 2. The Morgan fingerprint density at radius 3 is 2.62 bits per heavy atom. The van der Waals surface area contributed by atoms with Crippen molar-refractivity contribution in [1.29, 1.82) is 0 Å². The maximum absolute atomic E-state index is 13.2. The van der Waals surface area contributed by atoms with Crippen LogP contribution in [0.2, 0.25) is 0 Å². The fourth-order valence-electron chi connectivity index (χ4n) is 0.944. The molecule has 13 heavy (non-hydrogen) atoms.